The van der Waals surface area contributed by atoms with Crippen molar-refractivity contribution >= 4 is 15.9 Å². The van der Waals surface area contributed by atoms with Gasteiger partial charge in [-0.05, 0) is 28.8 Å². The fourth-order valence-corrected chi connectivity index (χ4v) is 2.22. The van der Waals surface area contributed by atoms with E-state index in [2.05, 4.69) is 39.7 Å². The highest BCUT2D eigenvalue weighted by atomic mass is 79.9. The predicted molar refractivity (Wildman–Crippen MR) is 61.0 cm³/mol. The molecule has 2 unspecified atom stereocenters. The van der Waals surface area contributed by atoms with Gasteiger partial charge in [-0.1, -0.05) is 13.8 Å². The van der Waals surface area contributed by atoms with Crippen LogP contribution in [0.3, 0.4) is 0 Å². The summed E-state index contributed by atoms with van der Waals surface area (Å²) in [6.07, 6.45) is 3.33. The van der Waals surface area contributed by atoms with E-state index in [0.717, 1.165) is 10.2 Å². The Morgan fingerprint density at radius 3 is 2.43 bits per heavy atom. The third-order valence-electron chi connectivity index (χ3n) is 2.30. The molecule has 1 heterocycles. The first-order valence-electron chi connectivity index (χ1n) is 4.75. The first-order valence-corrected chi connectivity index (χ1v) is 5.54. The van der Waals surface area contributed by atoms with Crippen LogP contribution in [0.1, 0.15) is 32.4 Å². The van der Waals surface area contributed by atoms with Crippen molar-refractivity contribution in [1.29, 1.82) is 0 Å². The molecule has 0 aliphatic heterocycles. The molecule has 0 aliphatic rings. The van der Waals surface area contributed by atoms with Gasteiger partial charge >= 0.3 is 0 Å². The van der Waals surface area contributed by atoms with Crippen LogP contribution in [0.4, 0.5) is 0 Å². The molecule has 0 saturated carbocycles. The van der Waals surface area contributed by atoms with E-state index in [0.29, 0.717) is 5.92 Å². The summed E-state index contributed by atoms with van der Waals surface area (Å²) in [5.74, 6) is 0.744. The summed E-state index contributed by atoms with van der Waals surface area (Å²) in [4.78, 5) is 8.23. The molecule has 0 radical (unpaired) electrons. The van der Waals surface area contributed by atoms with Crippen molar-refractivity contribution in [2.75, 3.05) is 0 Å². The third kappa shape index (κ3) is 2.51. The summed E-state index contributed by atoms with van der Waals surface area (Å²) < 4.78 is 0.941. The molecule has 1 aromatic rings. The van der Waals surface area contributed by atoms with Gasteiger partial charge in [-0.3, -0.25) is 0 Å². The molecule has 0 aromatic carbocycles. The Morgan fingerprint density at radius 2 is 2.00 bits per heavy atom. The number of nitrogens with two attached hydrogens (primary N) is 1. The Bertz CT molecular complexity index is 291. The Morgan fingerprint density at radius 1 is 1.36 bits per heavy atom. The van der Waals surface area contributed by atoms with Gasteiger partial charge in [0.15, 0.2) is 0 Å². The Balaban J connectivity index is 3.05. The number of hydrogen-bond acceptors (Lipinski definition) is 3. The van der Waals surface area contributed by atoms with Gasteiger partial charge in [-0.25, -0.2) is 9.97 Å². The molecule has 0 fully saturated rings. The average molecular weight is 258 g/mol. The second-order valence-electron chi connectivity index (χ2n) is 3.88. The molecule has 0 amide bonds. The van der Waals surface area contributed by atoms with Crippen LogP contribution < -0.4 is 5.73 Å². The lowest BCUT2D eigenvalue weighted by Gasteiger charge is -2.24. The van der Waals surface area contributed by atoms with Crippen molar-refractivity contribution in [3.63, 3.8) is 0 Å². The summed E-state index contributed by atoms with van der Waals surface area (Å²) >= 11 is 3.45. The SMILES string of the molecule is CC(C)C(c1ncncc1Br)C(C)N. The van der Waals surface area contributed by atoms with Crippen LogP contribution in [0.25, 0.3) is 0 Å². The highest BCUT2D eigenvalue weighted by molar-refractivity contribution is 9.10. The topological polar surface area (TPSA) is 51.8 Å². The van der Waals surface area contributed by atoms with Crippen molar-refractivity contribution < 1.29 is 0 Å². The lowest BCUT2D eigenvalue weighted by atomic mass is 9.87. The van der Waals surface area contributed by atoms with E-state index >= 15 is 0 Å². The lowest BCUT2D eigenvalue weighted by molar-refractivity contribution is 0.425. The van der Waals surface area contributed by atoms with Crippen LogP contribution in [-0.4, -0.2) is 16.0 Å². The molecule has 14 heavy (non-hydrogen) atoms. The van der Waals surface area contributed by atoms with Crippen LogP contribution >= 0.6 is 15.9 Å². The quantitative estimate of drug-likeness (QED) is 0.905. The van der Waals surface area contributed by atoms with Crippen molar-refractivity contribution in [2.45, 2.75) is 32.7 Å². The maximum atomic E-state index is 5.96. The molecule has 4 heteroatoms. The van der Waals surface area contributed by atoms with Gasteiger partial charge in [0, 0.05) is 18.2 Å². The van der Waals surface area contributed by atoms with E-state index in [1.54, 1.807) is 12.5 Å². The highest BCUT2D eigenvalue weighted by Gasteiger charge is 2.23. The molecule has 0 bridgehead atoms. The molecule has 0 aliphatic carbocycles. The van der Waals surface area contributed by atoms with E-state index < -0.39 is 0 Å². The smallest absolute Gasteiger partial charge is 0.115 e. The van der Waals surface area contributed by atoms with Crippen molar-refractivity contribution in [3.05, 3.63) is 22.7 Å². The molecule has 1 rings (SSSR count). The number of halogens is 1. The molecule has 78 valence electrons. The van der Waals surface area contributed by atoms with Gasteiger partial charge in [-0.15, -0.1) is 0 Å². The lowest BCUT2D eigenvalue weighted by Crippen LogP contribution is -2.29. The Labute approximate surface area is 93.3 Å². The van der Waals surface area contributed by atoms with Crippen molar-refractivity contribution in [2.24, 2.45) is 11.7 Å². The Kier molecular flexibility index (Phi) is 4.01. The van der Waals surface area contributed by atoms with E-state index in [1.807, 2.05) is 6.92 Å². The molecule has 0 spiro atoms. The minimum atomic E-state index is 0.0983. The third-order valence-corrected chi connectivity index (χ3v) is 2.91. The van der Waals surface area contributed by atoms with Crippen LogP contribution in [0, 0.1) is 5.92 Å². The number of nitrogens with zero attached hydrogens (tertiary/aromatic N) is 2. The molecule has 3 nitrogen and oxygen atoms in total. The maximum Gasteiger partial charge on any atom is 0.115 e. The van der Waals surface area contributed by atoms with E-state index in [-0.39, 0.29) is 12.0 Å². The fourth-order valence-electron chi connectivity index (χ4n) is 1.74. The molecular formula is C10H16BrN3. The number of aromatic nitrogens is 2. The molecule has 2 atom stereocenters. The average Bonchev–Trinajstić information content (AvgIpc) is 2.07. The molecule has 1 aromatic heterocycles. The van der Waals surface area contributed by atoms with E-state index in [1.165, 1.54) is 0 Å². The zero-order valence-electron chi connectivity index (χ0n) is 8.74. The van der Waals surface area contributed by atoms with Crippen LogP contribution in [0.5, 0.6) is 0 Å². The minimum Gasteiger partial charge on any atom is -0.327 e. The zero-order chi connectivity index (χ0) is 10.7. The normalized spacial score (nSPS) is 15.6. The fraction of sp³-hybridized carbons (Fsp3) is 0.600. The van der Waals surface area contributed by atoms with Gasteiger partial charge in [0.1, 0.15) is 6.33 Å². The second kappa shape index (κ2) is 4.84. The first kappa shape index (κ1) is 11.6. The summed E-state index contributed by atoms with van der Waals surface area (Å²) in [5, 5.41) is 0. The Hall–Kier alpha value is -0.480. The van der Waals surface area contributed by atoms with E-state index in [9.17, 15) is 0 Å². The predicted octanol–water partition coefficient (Wildman–Crippen LogP) is 2.33. The standard InChI is InChI=1S/C10H16BrN3/c1-6(2)9(7(3)12)10-8(11)4-13-5-14-10/h4-7,9H,12H2,1-3H3. The highest BCUT2D eigenvalue weighted by Crippen LogP contribution is 2.29. The summed E-state index contributed by atoms with van der Waals surface area (Å²) in [6.45, 7) is 6.32. The summed E-state index contributed by atoms with van der Waals surface area (Å²) in [6, 6.07) is 0.0983. The van der Waals surface area contributed by atoms with Crippen LogP contribution in [0.2, 0.25) is 0 Å². The second-order valence-corrected chi connectivity index (χ2v) is 4.74. The van der Waals surface area contributed by atoms with Gasteiger partial charge in [0.2, 0.25) is 0 Å². The molecule has 0 saturated heterocycles. The monoisotopic (exact) mass is 257 g/mol. The van der Waals surface area contributed by atoms with E-state index in [4.69, 9.17) is 5.73 Å². The molecule has 2 N–H and O–H groups in total. The minimum absolute atomic E-state index is 0.0983. The largest absolute Gasteiger partial charge is 0.327 e. The van der Waals surface area contributed by atoms with Crippen LogP contribution in [-0.2, 0) is 0 Å². The van der Waals surface area contributed by atoms with Crippen molar-refractivity contribution in [1.82, 2.24) is 9.97 Å². The van der Waals surface area contributed by atoms with Gasteiger partial charge in [0.05, 0.1) is 10.2 Å². The summed E-state index contributed by atoms with van der Waals surface area (Å²) in [5.41, 5.74) is 6.96. The number of hydrogen-bond donors (Lipinski definition) is 1. The zero-order valence-corrected chi connectivity index (χ0v) is 10.3. The first-order chi connectivity index (χ1) is 6.54. The van der Waals surface area contributed by atoms with Gasteiger partial charge in [-0.2, -0.15) is 0 Å². The number of rotatable bonds is 3. The van der Waals surface area contributed by atoms with Gasteiger partial charge in [0.25, 0.3) is 0 Å². The van der Waals surface area contributed by atoms with Crippen LogP contribution in [0.15, 0.2) is 17.0 Å². The summed E-state index contributed by atoms with van der Waals surface area (Å²) in [7, 11) is 0. The molecular weight excluding hydrogens is 242 g/mol. The van der Waals surface area contributed by atoms with Crippen molar-refractivity contribution in [3.8, 4) is 0 Å². The van der Waals surface area contributed by atoms with Gasteiger partial charge < -0.3 is 5.73 Å². The maximum absolute atomic E-state index is 5.96.